The normalized spacial score (nSPS) is 12.6. The van der Waals surface area contributed by atoms with Crippen molar-refractivity contribution in [3.63, 3.8) is 0 Å². The van der Waals surface area contributed by atoms with E-state index in [1.165, 1.54) is 36.1 Å². The van der Waals surface area contributed by atoms with Gasteiger partial charge < -0.3 is 0 Å². The number of rotatable bonds is 13. The second kappa shape index (κ2) is 14.2. The van der Waals surface area contributed by atoms with Crippen molar-refractivity contribution in [3.05, 3.63) is 23.3 Å². The van der Waals surface area contributed by atoms with E-state index in [4.69, 9.17) is 0 Å². The molecule has 0 N–H and O–H groups in total. The van der Waals surface area contributed by atoms with Crippen molar-refractivity contribution in [2.24, 2.45) is 10.9 Å². The molecule has 0 bridgehead atoms. The Bertz CT molecular complexity index is 437. The highest BCUT2D eigenvalue weighted by molar-refractivity contribution is 5.82. The number of carbonyl (C=O) groups is 1. The summed E-state index contributed by atoms with van der Waals surface area (Å²) in [6.45, 7) is 13.5. The molecule has 0 aliphatic carbocycles. The van der Waals surface area contributed by atoms with Crippen LogP contribution in [0.4, 0.5) is 0 Å². The highest BCUT2D eigenvalue weighted by Crippen LogP contribution is 2.10. The molecule has 0 aromatic carbocycles. The maximum absolute atomic E-state index is 11.5. The molecule has 0 aromatic heterocycles. The molecule has 0 heterocycles. The Balaban J connectivity index is 3.79. The minimum Gasteiger partial charge on any atom is -0.299 e. The predicted molar refractivity (Wildman–Crippen MR) is 108 cm³/mol. The van der Waals surface area contributed by atoms with Gasteiger partial charge in [-0.15, -0.1) is 0 Å². The number of aliphatic imine (C=N–C) groups is 1. The van der Waals surface area contributed by atoms with Gasteiger partial charge in [0.25, 0.3) is 0 Å². The van der Waals surface area contributed by atoms with Crippen LogP contribution >= 0.6 is 0 Å². The highest BCUT2D eigenvalue weighted by Gasteiger charge is 2.05. The molecular formula is C22H39NO. The fourth-order valence-corrected chi connectivity index (χ4v) is 2.45. The Morgan fingerprint density at radius 3 is 2.21 bits per heavy atom. The number of nitrogens with zero attached hydrogens (tertiary/aromatic N) is 1. The lowest BCUT2D eigenvalue weighted by Gasteiger charge is -2.03. The van der Waals surface area contributed by atoms with E-state index in [0.29, 0.717) is 12.2 Å². The monoisotopic (exact) mass is 333 g/mol. The van der Waals surface area contributed by atoms with Crippen molar-refractivity contribution >= 4 is 11.5 Å². The van der Waals surface area contributed by atoms with Crippen molar-refractivity contribution < 1.29 is 4.79 Å². The molecule has 0 saturated carbocycles. The SMILES string of the molecule is CC(C)=CCCCC(C)=CCCC(C)=NCCCCC(=O)C(C)C. The first-order valence-electron chi connectivity index (χ1n) is 9.64. The van der Waals surface area contributed by atoms with Crippen molar-refractivity contribution in [1.29, 1.82) is 0 Å². The predicted octanol–water partition coefficient (Wildman–Crippen LogP) is 6.71. The van der Waals surface area contributed by atoms with Crippen molar-refractivity contribution in [2.45, 2.75) is 92.9 Å². The number of carbonyl (C=O) groups excluding carboxylic acids is 1. The maximum Gasteiger partial charge on any atom is 0.135 e. The molecule has 0 radical (unpaired) electrons. The summed E-state index contributed by atoms with van der Waals surface area (Å²) in [6.07, 6.45) is 13.2. The summed E-state index contributed by atoms with van der Waals surface area (Å²) < 4.78 is 0. The van der Waals surface area contributed by atoms with Gasteiger partial charge in [0.05, 0.1) is 0 Å². The first kappa shape index (κ1) is 22.8. The van der Waals surface area contributed by atoms with Crippen LogP contribution in [0.15, 0.2) is 28.3 Å². The molecule has 2 heteroatoms. The van der Waals surface area contributed by atoms with Gasteiger partial charge in [-0.1, -0.05) is 37.1 Å². The molecule has 0 atom stereocenters. The van der Waals surface area contributed by atoms with Crippen LogP contribution in [0.3, 0.4) is 0 Å². The third-order valence-electron chi connectivity index (χ3n) is 4.18. The summed E-state index contributed by atoms with van der Waals surface area (Å²) in [7, 11) is 0. The van der Waals surface area contributed by atoms with Crippen LogP contribution in [-0.2, 0) is 4.79 Å². The maximum atomic E-state index is 11.5. The Kier molecular flexibility index (Phi) is 13.5. The summed E-state index contributed by atoms with van der Waals surface area (Å²) in [4.78, 5) is 16.2. The van der Waals surface area contributed by atoms with Gasteiger partial charge in [0.2, 0.25) is 0 Å². The van der Waals surface area contributed by atoms with Crippen LogP contribution in [0.1, 0.15) is 92.9 Å². The second-order valence-electron chi connectivity index (χ2n) is 7.46. The zero-order chi connectivity index (χ0) is 18.4. The molecule has 0 fully saturated rings. The van der Waals surface area contributed by atoms with E-state index in [1.54, 1.807) is 0 Å². The van der Waals surface area contributed by atoms with Gasteiger partial charge in [-0.3, -0.25) is 9.79 Å². The van der Waals surface area contributed by atoms with E-state index in [1.807, 2.05) is 13.8 Å². The molecule has 0 saturated heterocycles. The van der Waals surface area contributed by atoms with E-state index in [-0.39, 0.29) is 5.92 Å². The average molecular weight is 334 g/mol. The Labute approximate surface area is 150 Å². The van der Waals surface area contributed by atoms with Gasteiger partial charge in [-0.05, 0) is 72.6 Å². The van der Waals surface area contributed by atoms with Crippen LogP contribution in [0.5, 0.6) is 0 Å². The van der Waals surface area contributed by atoms with E-state index in [0.717, 1.165) is 32.2 Å². The number of Topliss-reactive ketones (excluding diaryl/α,β-unsaturated/α-hetero) is 1. The lowest BCUT2D eigenvalue weighted by atomic mass is 10.0. The lowest BCUT2D eigenvalue weighted by Crippen LogP contribution is -2.06. The molecule has 138 valence electrons. The fraction of sp³-hybridized carbons (Fsp3) is 0.727. The quantitative estimate of drug-likeness (QED) is 0.209. The average Bonchev–Trinajstić information content (AvgIpc) is 2.50. The number of ketones is 1. The third-order valence-corrected chi connectivity index (χ3v) is 4.18. The van der Waals surface area contributed by atoms with Crippen molar-refractivity contribution in [2.75, 3.05) is 6.54 Å². The van der Waals surface area contributed by atoms with Crippen LogP contribution in [0.25, 0.3) is 0 Å². The molecule has 0 aliphatic rings. The van der Waals surface area contributed by atoms with Gasteiger partial charge >= 0.3 is 0 Å². The Morgan fingerprint density at radius 2 is 1.58 bits per heavy atom. The van der Waals surface area contributed by atoms with E-state index in [9.17, 15) is 4.79 Å². The topological polar surface area (TPSA) is 29.4 Å². The summed E-state index contributed by atoms with van der Waals surface area (Å²) in [5.41, 5.74) is 4.15. The van der Waals surface area contributed by atoms with Crippen LogP contribution < -0.4 is 0 Å². The molecular weight excluding hydrogens is 294 g/mol. The van der Waals surface area contributed by atoms with Crippen molar-refractivity contribution in [1.82, 2.24) is 0 Å². The summed E-state index contributed by atoms with van der Waals surface area (Å²) >= 11 is 0. The molecule has 0 amide bonds. The van der Waals surface area contributed by atoms with Gasteiger partial charge in [0.15, 0.2) is 0 Å². The standard InChI is InChI=1S/C22H39NO/c1-18(2)12-7-8-13-20(5)14-11-15-21(6)23-17-10-9-16-22(24)19(3)4/h12,14,19H,7-11,13,15-17H2,1-6H3. The number of hydrogen-bond donors (Lipinski definition) is 0. The van der Waals surface area contributed by atoms with Gasteiger partial charge in [-0.25, -0.2) is 0 Å². The lowest BCUT2D eigenvalue weighted by molar-refractivity contribution is -0.122. The first-order chi connectivity index (χ1) is 11.3. The zero-order valence-corrected chi connectivity index (χ0v) is 17.0. The van der Waals surface area contributed by atoms with Gasteiger partial charge in [0, 0.05) is 24.6 Å². The summed E-state index contributed by atoms with van der Waals surface area (Å²) in [5.74, 6) is 0.549. The molecule has 0 aliphatic heterocycles. The Hall–Kier alpha value is -1.18. The zero-order valence-electron chi connectivity index (χ0n) is 17.0. The van der Waals surface area contributed by atoms with E-state index in [2.05, 4.69) is 44.8 Å². The fourth-order valence-electron chi connectivity index (χ4n) is 2.45. The minimum absolute atomic E-state index is 0.173. The van der Waals surface area contributed by atoms with Crippen LogP contribution in [-0.4, -0.2) is 18.0 Å². The number of allylic oxidation sites excluding steroid dienone is 4. The van der Waals surface area contributed by atoms with E-state index >= 15 is 0 Å². The summed E-state index contributed by atoms with van der Waals surface area (Å²) in [5, 5.41) is 0. The number of unbranched alkanes of at least 4 members (excludes halogenated alkanes) is 2. The molecule has 0 aromatic rings. The molecule has 0 rings (SSSR count). The minimum atomic E-state index is 0.173. The van der Waals surface area contributed by atoms with E-state index < -0.39 is 0 Å². The summed E-state index contributed by atoms with van der Waals surface area (Å²) in [6, 6.07) is 0. The highest BCUT2D eigenvalue weighted by atomic mass is 16.1. The third kappa shape index (κ3) is 14.4. The number of hydrogen-bond acceptors (Lipinski definition) is 2. The second-order valence-corrected chi connectivity index (χ2v) is 7.46. The van der Waals surface area contributed by atoms with Crippen molar-refractivity contribution in [3.8, 4) is 0 Å². The molecule has 24 heavy (non-hydrogen) atoms. The van der Waals surface area contributed by atoms with Gasteiger partial charge in [0.1, 0.15) is 5.78 Å². The molecule has 2 nitrogen and oxygen atoms in total. The molecule has 0 spiro atoms. The largest absolute Gasteiger partial charge is 0.299 e. The van der Waals surface area contributed by atoms with Crippen LogP contribution in [0, 0.1) is 5.92 Å². The van der Waals surface area contributed by atoms with Gasteiger partial charge in [-0.2, -0.15) is 0 Å². The first-order valence-corrected chi connectivity index (χ1v) is 9.64. The smallest absolute Gasteiger partial charge is 0.135 e. The van der Waals surface area contributed by atoms with Crippen LogP contribution in [0.2, 0.25) is 0 Å². The molecule has 0 unspecified atom stereocenters. The Morgan fingerprint density at radius 1 is 0.875 bits per heavy atom.